The molecule has 1 atom stereocenters. The van der Waals surface area contributed by atoms with Crippen molar-refractivity contribution >= 4 is 18.3 Å². The monoisotopic (exact) mass is 314 g/mol. The number of aryl methyl sites for hydroxylation is 1. The lowest BCUT2D eigenvalue weighted by molar-refractivity contribution is 0.0769. The molecule has 0 aromatic carbocycles. The number of carbonyl (C=O) groups is 1. The van der Waals surface area contributed by atoms with Crippen molar-refractivity contribution in [3.63, 3.8) is 0 Å². The molecule has 1 fully saturated rings. The van der Waals surface area contributed by atoms with Crippen LogP contribution >= 0.6 is 12.4 Å². The third kappa shape index (κ3) is 3.58. The van der Waals surface area contributed by atoms with E-state index < -0.39 is 0 Å². The summed E-state index contributed by atoms with van der Waals surface area (Å²) >= 11 is 0. The van der Waals surface area contributed by atoms with E-state index in [4.69, 9.17) is 5.73 Å². The first-order valence-corrected chi connectivity index (χ1v) is 7.23. The molecule has 1 aliphatic heterocycles. The molecule has 1 amide bonds. The van der Waals surface area contributed by atoms with Crippen LogP contribution in [0, 0.1) is 12.3 Å². The number of carbonyl (C=O) groups excluding carboxylic acids is 1. The van der Waals surface area contributed by atoms with Gasteiger partial charge in [-0.25, -0.2) is 0 Å². The zero-order valence-corrected chi connectivity index (χ0v) is 14.5. The van der Waals surface area contributed by atoms with Gasteiger partial charge in [0.1, 0.15) is 0 Å². The third-order valence-electron chi connectivity index (χ3n) is 4.08. The molecule has 1 unspecified atom stereocenters. The fraction of sp³-hybridized carbons (Fsp3) is 0.733. The lowest BCUT2D eigenvalue weighted by Gasteiger charge is -2.22. The van der Waals surface area contributed by atoms with E-state index in [1.54, 1.807) is 0 Å². The van der Waals surface area contributed by atoms with Gasteiger partial charge in [-0.15, -0.1) is 12.4 Å². The summed E-state index contributed by atoms with van der Waals surface area (Å²) in [6.45, 7) is 12.5. The second kappa shape index (κ2) is 5.97. The Hall–Kier alpha value is -1.07. The summed E-state index contributed by atoms with van der Waals surface area (Å²) in [4.78, 5) is 14.4. The number of hydrogen-bond donors (Lipinski definition) is 1. The lowest BCUT2D eigenvalue weighted by Crippen LogP contribution is -2.35. The van der Waals surface area contributed by atoms with Gasteiger partial charge < -0.3 is 10.6 Å². The van der Waals surface area contributed by atoms with E-state index in [0.29, 0.717) is 12.2 Å². The molecule has 0 saturated carbocycles. The number of rotatable bonds is 2. The fourth-order valence-corrected chi connectivity index (χ4v) is 2.78. The number of nitrogens with two attached hydrogens (primary N) is 1. The van der Waals surface area contributed by atoms with Gasteiger partial charge in [0.25, 0.3) is 5.91 Å². The van der Waals surface area contributed by atoms with Gasteiger partial charge in [0.15, 0.2) is 5.69 Å². The van der Waals surface area contributed by atoms with Gasteiger partial charge in [0, 0.05) is 18.8 Å². The molecule has 0 aliphatic carbocycles. The van der Waals surface area contributed by atoms with Gasteiger partial charge in [-0.05, 0) is 52.1 Å². The first-order chi connectivity index (χ1) is 9.16. The van der Waals surface area contributed by atoms with Crippen LogP contribution in [0.5, 0.6) is 0 Å². The molecule has 21 heavy (non-hydrogen) atoms. The molecule has 0 radical (unpaired) electrons. The lowest BCUT2D eigenvalue weighted by atomic mass is 9.90. The Labute approximate surface area is 133 Å². The summed E-state index contributed by atoms with van der Waals surface area (Å²) in [7, 11) is 0. The number of amides is 1. The number of likely N-dealkylation sites (tertiary alicyclic amines) is 1. The van der Waals surface area contributed by atoms with Crippen LogP contribution < -0.4 is 5.73 Å². The number of aromatic nitrogens is 2. The van der Waals surface area contributed by atoms with Crippen LogP contribution in [0.15, 0.2) is 6.07 Å². The summed E-state index contributed by atoms with van der Waals surface area (Å²) in [6, 6.07) is 1.88. The Morgan fingerprint density at radius 1 is 1.48 bits per heavy atom. The Kier molecular flexibility index (Phi) is 5.11. The highest BCUT2D eigenvalue weighted by Gasteiger charge is 2.36. The van der Waals surface area contributed by atoms with Crippen molar-refractivity contribution in [2.75, 3.05) is 19.6 Å². The van der Waals surface area contributed by atoms with Gasteiger partial charge in [-0.1, -0.05) is 6.92 Å². The van der Waals surface area contributed by atoms with E-state index in [-0.39, 0.29) is 29.3 Å². The van der Waals surface area contributed by atoms with Crippen LogP contribution in [-0.4, -0.2) is 40.2 Å². The minimum absolute atomic E-state index is 0. The zero-order valence-electron chi connectivity index (χ0n) is 13.6. The number of nitrogens with zero attached hydrogens (tertiary/aromatic N) is 3. The van der Waals surface area contributed by atoms with E-state index in [1.807, 2.05) is 22.6 Å². The molecule has 2 rings (SSSR count). The maximum Gasteiger partial charge on any atom is 0.274 e. The predicted molar refractivity (Wildman–Crippen MR) is 86.9 cm³/mol. The van der Waals surface area contributed by atoms with Crippen molar-refractivity contribution in [1.29, 1.82) is 0 Å². The summed E-state index contributed by atoms with van der Waals surface area (Å²) < 4.78 is 1.92. The zero-order chi connectivity index (χ0) is 15.1. The van der Waals surface area contributed by atoms with Crippen molar-refractivity contribution in [1.82, 2.24) is 14.7 Å². The Bertz CT molecular complexity index is 520. The molecule has 5 nitrogen and oxygen atoms in total. The van der Waals surface area contributed by atoms with Crippen molar-refractivity contribution in [2.45, 2.75) is 46.6 Å². The van der Waals surface area contributed by atoms with Gasteiger partial charge in [-0.2, -0.15) is 5.10 Å². The van der Waals surface area contributed by atoms with E-state index >= 15 is 0 Å². The van der Waals surface area contributed by atoms with Gasteiger partial charge in [0.2, 0.25) is 0 Å². The first kappa shape index (κ1) is 18.0. The average molecular weight is 315 g/mol. The van der Waals surface area contributed by atoms with Crippen molar-refractivity contribution in [2.24, 2.45) is 11.1 Å². The third-order valence-corrected chi connectivity index (χ3v) is 4.08. The molecule has 1 saturated heterocycles. The SMILES string of the molecule is Cc1cc(C(=O)N2CCC(C)(CN)C2)nn1C(C)(C)C.Cl. The van der Waals surface area contributed by atoms with Crippen molar-refractivity contribution in [3.8, 4) is 0 Å². The maximum atomic E-state index is 12.6. The van der Waals surface area contributed by atoms with Gasteiger partial charge in [-0.3, -0.25) is 9.48 Å². The molecule has 0 bridgehead atoms. The molecule has 0 spiro atoms. The van der Waals surface area contributed by atoms with E-state index in [0.717, 1.165) is 25.2 Å². The van der Waals surface area contributed by atoms with Crippen molar-refractivity contribution < 1.29 is 4.79 Å². The van der Waals surface area contributed by atoms with Crippen LogP contribution in [-0.2, 0) is 5.54 Å². The molecular formula is C15H27ClN4O. The maximum absolute atomic E-state index is 12.6. The fourth-order valence-electron chi connectivity index (χ4n) is 2.78. The van der Waals surface area contributed by atoms with E-state index in [2.05, 4.69) is 32.8 Å². The van der Waals surface area contributed by atoms with Crippen LogP contribution in [0.2, 0.25) is 0 Å². The minimum atomic E-state index is -0.112. The topological polar surface area (TPSA) is 64.2 Å². The highest BCUT2D eigenvalue weighted by molar-refractivity contribution is 5.92. The van der Waals surface area contributed by atoms with Gasteiger partial charge in [0.05, 0.1) is 5.54 Å². The molecule has 2 N–H and O–H groups in total. The van der Waals surface area contributed by atoms with Crippen LogP contribution in [0.4, 0.5) is 0 Å². The Morgan fingerprint density at radius 3 is 2.52 bits per heavy atom. The largest absolute Gasteiger partial charge is 0.337 e. The first-order valence-electron chi connectivity index (χ1n) is 7.23. The molecule has 2 heterocycles. The quantitative estimate of drug-likeness (QED) is 0.910. The van der Waals surface area contributed by atoms with E-state index in [1.165, 1.54) is 0 Å². The second-order valence-corrected chi connectivity index (χ2v) is 7.25. The van der Waals surface area contributed by atoms with Crippen LogP contribution in [0.25, 0.3) is 0 Å². The molecule has 1 aromatic rings. The van der Waals surface area contributed by atoms with E-state index in [9.17, 15) is 4.79 Å². The van der Waals surface area contributed by atoms with Gasteiger partial charge >= 0.3 is 0 Å². The standard InChI is InChI=1S/C15H26N4O.ClH/c1-11-8-12(17-19(11)14(2,3)4)13(20)18-7-6-15(5,9-16)10-18;/h8H,6-7,9-10,16H2,1-5H3;1H. The van der Waals surface area contributed by atoms with Crippen LogP contribution in [0.3, 0.4) is 0 Å². The average Bonchev–Trinajstić information content (AvgIpc) is 2.92. The second-order valence-electron chi connectivity index (χ2n) is 7.25. The number of hydrogen-bond acceptors (Lipinski definition) is 3. The Morgan fingerprint density at radius 2 is 2.10 bits per heavy atom. The minimum Gasteiger partial charge on any atom is -0.337 e. The van der Waals surface area contributed by atoms with Crippen LogP contribution in [0.1, 0.15) is 50.3 Å². The molecule has 6 heteroatoms. The molecule has 1 aromatic heterocycles. The highest BCUT2D eigenvalue weighted by Crippen LogP contribution is 2.29. The summed E-state index contributed by atoms with van der Waals surface area (Å²) in [5, 5.41) is 4.49. The summed E-state index contributed by atoms with van der Waals surface area (Å²) in [6.07, 6.45) is 0.966. The smallest absolute Gasteiger partial charge is 0.274 e. The normalized spacial score (nSPS) is 22.3. The predicted octanol–water partition coefficient (Wildman–Crippen LogP) is 2.18. The van der Waals surface area contributed by atoms with Crippen molar-refractivity contribution in [3.05, 3.63) is 17.5 Å². The number of halogens is 1. The molecule has 1 aliphatic rings. The Balaban J connectivity index is 0.00000220. The summed E-state index contributed by atoms with van der Waals surface area (Å²) in [5.74, 6) is 0.0216. The highest BCUT2D eigenvalue weighted by atomic mass is 35.5. The molecule has 120 valence electrons. The molecular weight excluding hydrogens is 288 g/mol. The summed E-state index contributed by atoms with van der Waals surface area (Å²) in [5.41, 5.74) is 7.29.